The van der Waals surface area contributed by atoms with Crippen LogP contribution in [0.3, 0.4) is 0 Å². The SMILES string of the molecule is CCOc1ccc(NS(=O)(=O)c2ccc(OCC(=O)Nc3ccc(CC#N)cc3)c(Cl)c2)cc1. The van der Waals surface area contributed by atoms with Crippen molar-refractivity contribution in [3.8, 4) is 17.6 Å². The van der Waals surface area contributed by atoms with Crippen LogP contribution in [0.1, 0.15) is 12.5 Å². The zero-order valence-electron chi connectivity index (χ0n) is 18.2. The molecular formula is C24H22ClN3O5S. The summed E-state index contributed by atoms with van der Waals surface area (Å²) >= 11 is 6.19. The normalized spacial score (nSPS) is 10.7. The van der Waals surface area contributed by atoms with Crippen molar-refractivity contribution in [3.63, 3.8) is 0 Å². The van der Waals surface area contributed by atoms with Gasteiger partial charge < -0.3 is 14.8 Å². The minimum absolute atomic E-state index is 0.0447. The Morgan fingerprint density at radius 1 is 1.00 bits per heavy atom. The second kappa shape index (κ2) is 11.4. The number of nitriles is 1. The fourth-order valence-electron chi connectivity index (χ4n) is 2.90. The molecule has 0 aliphatic rings. The number of rotatable bonds is 10. The molecule has 0 saturated carbocycles. The van der Waals surface area contributed by atoms with Crippen molar-refractivity contribution in [1.82, 2.24) is 0 Å². The molecule has 8 nitrogen and oxygen atoms in total. The lowest BCUT2D eigenvalue weighted by molar-refractivity contribution is -0.118. The van der Waals surface area contributed by atoms with E-state index in [1.807, 2.05) is 6.92 Å². The molecular weight excluding hydrogens is 478 g/mol. The maximum Gasteiger partial charge on any atom is 0.262 e. The molecule has 0 aliphatic carbocycles. The Labute approximate surface area is 203 Å². The van der Waals surface area contributed by atoms with Crippen LogP contribution >= 0.6 is 11.6 Å². The number of hydrogen-bond acceptors (Lipinski definition) is 6. The predicted octanol–water partition coefficient (Wildman–Crippen LogP) is 4.62. The summed E-state index contributed by atoms with van der Waals surface area (Å²) in [5.41, 5.74) is 1.77. The van der Waals surface area contributed by atoms with E-state index in [-0.39, 0.29) is 28.7 Å². The molecule has 10 heteroatoms. The van der Waals surface area contributed by atoms with Crippen LogP contribution in [0, 0.1) is 11.3 Å². The molecule has 0 aliphatic heterocycles. The molecule has 2 N–H and O–H groups in total. The summed E-state index contributed by atoms with van der Waals surface area (Å²) in [7, 11) is -3.89. The molecule has 0 unspecified atom stereocenters. The van der Waals surface area contributed by atoms with Crippen molar-refractivity contribution in [1.29, 1.82) is 5.26 Å². The van der Waals surface area contributed by atoms with Crippen LogP contribution in [0.15, 0.2) is 71.6 Å². The minimum Gasteiger partial charge on any atom is -0.494 e. The topological polar surface area (TPSA) is 118 Å². The molecule has 0 aromatic heterocycles. The molecule has 3 aromatic carbocycles. The molecule has 0 saturated heterocycles. The molecule has 0 bridgehead atoms. The molecule has 1 amide bonds. The number of hydrogen-bond donors (Lipinski definition) is 2. The number of halogens is 1. The highest BCUT2D eigenvalue weighted by molar-refractivity contribution is 7.92. The number of nitrogens with one attached hydrogen (secondary N) is 2. The molecule has 176 valence electrons. The van der Waals surface area contributed by atoms with Crippen molar-refractivity contribution < 1.29 is 22.7 Å². The quantitative estimate of drug-likeness (QED) is 0.420. The van der Waals surface area contributed by atoms with Gasteiger partial charge in [-0.1, -0.05) is 23.7 Å². The van der Waals surface area contributed by atoms with E-state index in [1.54, 1.807) is 48.5 Å². The first-order valence-electron chi connectivity index (χ1n) is 10.2. The van der Waals surface area contributed by atoms with Gasteiger partial charge in [0.15, 0.2) is 6.61 Å². The Bertz CT molecular complexity index is 1290. The average molecular weight is 500 g/mol. The van der Waals surface area contributed by atoms with Crippen molar-refractivity contribution in [2.45, 2.75) is 18.2 Å². The van der Waals surface area contributed by atoms with Gasteiger partial charge in [-0.05, 0) is 67.1 Å². The first kappa shape index (κ1) is 24.9. The number of ether oxygens (including phenoxy) is 2. The molecule has 0 atom stereocenters. The highest BCUT2D eigenvalue weighted by Gasteiger charge is 2.17. The highest BCUT2D eigenvalue weighted by atomic mass is 35.5. The van der Waals surface area contributed by atoms with Gasteiger partial charge in [-0.2, -0.15) is 5.26 Å². The van der Waals surface area contributed by atoms with E-state index in [9.17, 15) is 13.2 Å². The van der Waals surface area contributed by atoms with Crippen molar-refractivity contribution in [3.05, 3.63) is 77.3 Å². The molecule has 3 aromatic rings. The third kappa shape index (κ3) is 6.88. The Morgan fingerprint density at radius 3 is 2.29 bits per heavy atom. The first-order chi connectivity index (χ1) is 16.3. The number of carbonyl (C=O) groups excluding carboxylic acids is 1. The van der Waals surface area contributed by atoms with Crippen LogP contribution in [0.5, 0.6) is 11.5 Å². The lowest BCUT2D eigenvalue weighted by Gasteiger charge is -2.12. The van der Waals surface area contributed by atoms with E-state index in [0.717, 1.165) is 5.56 Å². The fourth-order valence-corrected chi connectivity index (χ4v) is 4.29. The smallest absolute Gasteiger partial charge is 0.262 e. The van der Waals surface area contributed by atoms with Gasteiger partial charge in [0.25, 0.3) is 15.9 Å². The first-order valence-corrected chi connectivity index (χ1v) is 12.1. The summed E-state index contributed by atoms with van der Waals surface area (Å²) in [5, 5.41) is 11.4. The summed E-state index contributed by atoms with van der Waals surface area (Å²) < 4.78 is 38.6. The molecule has 0 radical (unpaired) electrons. The van der Waals surface area contributed by atoms with Crippen LogP contribution in [-0.4, -0.2) is 27.5 Å². The molecule has 3 rings (SSSR count). The third-order valence-corrected chi connectivity index (χ3v) is 6.19. The van der Waals surface area contributed by atoms with Gasteiger partial charge in [-0.15, -0.1) is 0 Å². The zero-order chi connectivity index (χ0) is 24.6. The highest BCUT2D eigenvalue weighted by Crippen LogP contribution is 2.28. The number of benzene rings is 3. The van der Waals surface area contributed by atoms with Gasteiger partial charge >= 0.3 is 0 Å². The Balaban J connectivity index is 1.59. The van der Waals surface area contributed by atoms with Gasteiger partial charge in [0.2, 0.25) is 0 Å². The van der Waals surface area contributed by atoms with Gasteiger partial charge in [0, 0.05) is 11.4 Å². The van der Waals surface area contributed by atoms with Crippen LogP contribution in [0.25, 0.3) is 0 Å². The molecule has 34 heavy (non-hydrogen) atoms. The summed E-state index contributed by atoms with van der Waals surface area (Å²) in [6, 6.07) is 19.4. The monoisotopic (exact) mass is 499 g/mol. The van der Waals surface area contributed by atoms with E-state index in [2.05, 4.69) is 16.1 Å². The Hall–Kier alpha value is -3.74. The molecule has 0 heterocycles. The van der Waals surface area contributed by atoms with Crippen LogP contribution in [-0.2, 0) is 21.2 Å². The van der Waals surface area contributed by atoms with Gasteiger partial charge in [0.1, 0.15) is 11.5 Å². The number of nitrogens with zero attached hydrogens (tertiary/aromatic N) is 1. The van der Waals surface area contributed by atoms with Crippen molar-refractivity contribution >= 4 is 38.9 Å². The maximum absolute atomic E-state index is 12.7. The minimum atomic E-state index is -3.89. The van der Waals surface area contributed by atoms with Crippen molar-refractivity contribution in [2.75, 3.05) is 23.3 Å². The van der Waals surface area contributed by atoms with E-state index in [1.165, 1.54) is 18.2 Å². The standard InChI is InChI=1S/C24H22ClN3O5S/c1-2-32-20-9-7-19(8-10-20)28-34(30,31)21-11-12-23(22(25)15-21)33-16-24(29)27-18-5-3-17(4-6-18)13-14-26/h3-12,15,28H,2,13,16H2,1H3,(H,27,29). The van der Waals surface area contributed by atoms with E-state index in [4.69, 9.17) is 26.3 Å². The van der Waals surface area contributed by atoms with Gasteiger partial charge in [-0.3, -0.25) is 9.52 Å². The van der Waals surface area contributed by atoms with Gasteiger partial charge in [-0.25, -0.2) is 8.42 Å². The lowest BCUT2D eigenvalue weighted by Crippen LogP contribution is -2.20. The maximum atomic E-state index is 12.7. The fraction of sp³-hybridized carbons (Fsp3) is 0.167. The predicted molar refractivity (Wildman–Crippen MR) is 130 cm³/mol. The molecule has 0 fully saturated rings. The van der Waals surface area contributed by atoms with E-state index in [0.29, 0.717) is 23.7 Å². The van der Waals surface area contributed by atoms with Gasteiger partial charge in [0.05, 0.1) is 29.0 Å². The number of amides is 1. The van der Waals surface area contributed by atoms with Crippen molar-refractivity contribution in [2.24, 2.45) is 0 Å². The number of anilines is 2. The second-order valence-corrected chi connectivity index (χ2v) is 9.11. The third-order valence-electron chi connectivity index (χ3n) is 4.51. The van der Waals surface area contributed by atoms with E-state index < -0.39 is 15.9 Å². The van der Waals surface area contributed by atoms with Crippen LogP contribution in [0.2, 0.25) is 5.02 Å². The summed E-state index contributed by atoms with van der Waals surface area (Å²) in [6.07, 6.45) is 0.289. The lowest BCUT2D eigenvalue weighted by atomic mass is 10.1. The Morgan fingerprint density at radius 2 is 1.68 bits per heavy atom. The number of sulfonamides is 1. The van der Waals surface area contributed by atoms with Crippen LogP contribution < -0.4 is 19.5 Å². The Kier molecular flexibility index (Phi) is 8.35. The van der Waals surface area contributed by atoms with E-state index >= 15 is 0 Å². The average Bonchev–Trinajstić information content (AvgIpc) is 2.81. The largest absolute Gasteiger partial charge is 0.494 e. The summed E-state index contributed by atoms with van der Waals surface area (Å²) in [5.74, 6) is 0.384. The number of carbonyl (C=O) groups is 1. The molecule has 0 spiro atoms. The van der Waals surface area contributed by atoms with Crippen LogP contribution in [0.4, 0.5) is 11.4 Å². The second-order valence-electron chi connectivity index (χ2n) is 7.02. The zero-order valence-corrected chi connectivity index (χ0v) is 19.8. The summed E-state index contributed by atoms with van der Waals surface area (Å²) in [6.45, 7) is 2.05. The summed E-state index contributed by atoms with van der Waals surface area (Å²) in [4.78, 5) is 12.1.